The maximum atomic E-state index is 13.5. The highest BCUT2D eigenvalue weighted by atomic mass is 16.5. The number of rotatable bonds is 12. The molecule has 6 atom stereocenters. The standard InChI is InChI=1S/C29H43N3O7/c1-16(2)12-21(30)24(34)13-20(17(3)4)27(37)32-28(38)29(6)18(5)23(33)14-22(26(29)36)31-25(35)15-39-19-10-8-7-9-11-19/h7-11,16-18,20-22,24,34H,12-15,30H2,1-6H3,(H,31,35)(H,32,37,38)/t18?,20?,21-,22-,24-,29-/m0/s1. The number of hydrogen-bond donors (Lipinski definition) is 4. The van der Waals surface area contributed by atoms with Crippen LogP contribution in [0.3, 0.4) is 0 Å². The van der Waals surface area contributed by atoms with Crippen LogP contribution in [0.1, 0.15) is 60.8 Å². The molecule has 5 N–H and O–H groups in total. The van der Waals surface area contributed by atoms with Crippen molar-refractivity contribution in [2.75, 3.05) is 6.61 Å². The predicted molar refractivity (Wildman–Crippen MR) is 145 cm³/mol. The van der Waals surface area contributed by atoms with E-state index in [9.17, 15) is 29.1 Å². The lowest BCUT2D eigenvalue weighted by atomic mass is 9.64. The van der Waals surface area contributed by atoms with E-state index in [0.29, 0.717) is 12.2 Å². The number of nitrogens with two attached hydrogens (primary N) is 1. The number of aliphatic hydroxyl groups is 1. The van der Waals surface area contributed by atoms with Crippen LogP contribution >= 0.6 is 0 Å². The van der Waals surface area contributed by atoms with Gasteiger partial charge in [0, 0.05) is 24.3 Å². The molecule has 0 spiro atoms. The molecule has 0 bridgehead atoms. The van der Waals surface area contributed by atoms with Gasteiger partial charge in [0.1, 0.15) is 16.9 Å². The molecule has 2 rings (SSSR count). The second kappa shape index (κ2) is 13.8. The molecular weight excluding hydrogens is 502 g/mol. The number of ether oxygens (including phenoxy) is 1. The fourth-order valence-corrected chi connectivity index (χ4v) is 4.85. The number of carbonyl (C=O) groups excluding carboxylic acids is 5. The number of imide groups is 1. The average Bonchev–Trinajstić information content (AvgIpc) is 2.87. The van der Waals surface area contributed by atoms with Crippen LogP contribution in [0.15, 0.2) is 30.3 Å². The number of amides is 3. The SMILES string of the molecule is CC(C)C[C@H](N)[C@@H](O)CC(C(=O)NC(=O)[C@]1(C)C(=O)[C@@H](NC(=O)COc2ccccc2)CC(=O)C1C)C(C)C. The van der Waals surface area contributed by atoms with Crippen molar-refractivity contribution in [1.82, 2.24) is 10.6 Å². The molecule has 1 aliphatic rings. The van der Waals surface area contributed by atoms with E-state index >= 15 is 0 Å². The van der Waals surface area contributed by atoms with Crippen molar-refractivity contribution in [2.24, 2.45) is 34.8 Å². The first kappa shape index (κ1) is 32.1. The molecule has 39 heavy (non-hydrogen) atoms. The maximum Gasteiger partial charge on any atom is 0.258 e. The van der Waals surface area contributed by atoms with Crippen LogP contribution < -0.4 is 21.1 Å². The second-order valence-electron chi connectivity index (χ2n) is 11.4. The van der Waals surface area contributed by atoms with Gasteiger partial charge in [0.15, 0.2) is 12.4 Å². The Bertz CT molecular complexity index is 1040. The third-order valence-corrected chi connectivity index (χ3v) is 7.61. The first-order valence-electron chi connectivity index (χ1n) is 13.5. The lowest BCUT2D eigenvalue weighted by molar-refractivity contribution is -0.157. The zero-order chi connectivity index (χ0) is 29.5. The van der Waals surface area contributed by atoms with E-state index < -0.39 is 58.9 Å². The zero-order valence-electron chi connectivity index (χ0n) is 23.7. The van der Waals surface area contributed by atoms with Crippen molar-refractivity contribution in [3.8, 4) is 5.75 Å². The van der Waals surface area contributed by atoms with E-state index in [4.69, 9.17) is 10.5 Å². The molecule has 0 radical (unpaired) electrons. The Morgan fingerprint density at radius 1 is 1.10 bits per heavy atom. The van der Waals surface area contributed by atoms with Crippen LogP contribution in [0.4, 0.5) is 0 Å². The van der Waals surface area contributed by atoms with Gasteiger partial charge < -0.3 is 20.9 Å². The summed E-state index contributed by atoms with van der Waals surface area (Å²) >= 11 is 0. The Balaban J connectivity index is 2.12. The summed E-state index contributed by atoms with van der Waals surface area (Å²) in [7, 11) is 0. The Morgan fingerprint density at radius 3 is 2.28 bits per heavy atom. The number of benzene rings is 1. The van der Waals surface area contributed by atoms with Gasteiger partial charge in [-0.3, -0.25) is 29.3 Å². The highest BCUT2D eigenvalue weighted by Crippen LogP contribution is 2.37. The number of hydrogen-bond acceptors (Lipinski definition) is 8. The number of Topliss-reactive ketones (excluding diaryl/α,β-unsaturated/α-hetero) is 2. The molecule has 0 saturated heterocycles. The Hall–Kier alpha value is -3.11. The van der Waals surface area contributed by atoms with E-state index in [0.717, 1.165) is 0 Å². The molecule has 1 aromatic rings. The molecule has 0 aromatic heterocycles. The molecular formula is C29H43N3O7. The van der Waals surface area contributed by atoms with Gasteiger partial charge in [-0.05, 0) is 43.7 Å². The van der Waals surface area contributed by atoms with Gasteiger partial charge in [0.2, 0.25) is 11.8 Å². The summed E-state index contributed by atoms with van der Waals surface area (Å²) in [6.07, 6.45) is -0.597. The van der Waals surface area contributed by atoms with Crippen LogP contribution in [0.2, 0.25) is 0 Å². The molecule has 1 fully saturated rings. The number of ketones is 2. The topological polar surface area (TPSA) is 165 Å². The lowest BCUT2D eigenvalue weighted by Crippen LogP contribution is -2.62. The Morgan fingerprint density at radius 2 is 1.72 bits per heavy atom. The number of para-hydroxylation sites is 1. The monoisotopic (exact) mass is 545 g/mol. The molecule has 1 aromatic carbocycles. The minimum atomic E-state index is -1.88. The zero-order valence-corrected chi connectivity index (χ0v) is 23.7. The number of aliphatic hydroxyl groups excluding tert-OH is 1. The molecule has 10 heteroatoms. The van der Waals surface area contributed by atoms with E-state index in [1.165, 1.54) is 13.8 Å². The largest absolute Gasteiger partial charge is 0.484 e. The average molecular weight is 546 g/mol. The van der Waals surface area contributed by atoms with Crippen molar-refractivity contribution in [1.29, 1.82) is 0 Å². The molecule has 0 heterocycles. The first-order chi connectivity index (χ1) is 18.2. The van der Waals surface area contributed by atoms with Crippen LogP contribution in [-0.4, -0.2) is 59.2 Å². The Kier molecular flexibility index (Phi) is 11.4. The highest BCUT2D eigenvalue weighted by Gasteiger charge is 2.55. The van der Waals surface area contributed by atoms with E-state index in [2.05, 4.69) is 10.6 Å². The highest BCUT2D eigenvalue weighted by molar-refractivity contribution is 6.18. The van der Waals surface area contributed by atoms with Crippen LogP contribution in [0, 0.1) is 29.1 Å². The number of carbonyl (C=O) groups is 5. The van der Waals surface area contributed by atoms with E-state index in [1.807, 2.05) is 13.8 Å². The van der Waals surface area contributed by atoms with E-state index in [1.54, 1.807) is 44.2 Å². The van der Waals surface area contributed by atoms with Gasteiger partial charge in [-0.2, -0.15) is 0 Å². The van der Waals surface area contributed by atoms with Gasteiger partial charge in [0.05, 0.1) is 12.1 Å². The van der Waals surface area contributed by atoms with Gasteiger partial charge in [-0.25, -0.2) is 0 Å². The van der Waals surface area contributed by atoms with Crippen LogP contribution in [-0.2, 0) is 24.0 Å². The fourth-order valence-electron chi connectivity index (χ4n) is 4.85. The molecule has 216 valence electrons. The molecule has 10 nitrogen and oxygen atoms in total. The molecule has 1 saturated carbocycles. The third kappa shape index (κ3) is 8.19. The second-order valence-corrected chi connectivity index (χ2v) is 11.4. The van der Waals surface area contributed by atoms with Crippen LogP contribution in [0.5, 0.6) is 5.75 Å². The van der Waals surface area contributed by atoms with Gasteiger partial charge >= 0.3 is 0 Å². The predicted octanol–water partition coefficient (Wildman–Crippen LogP) is 1.77. The normalized spacial score (nSPS) is 23.7. The summed E-state index contributed by atoms with van der Waals surface area (Å²) in [4.78, 5) is 65.3. The fraction of sp³-hybridized carbons (Fsp3) is 0.621. The van der Waals surface area contributed by atoms with Crippen molar-refractivity contribution in [3.05, 3.63) is 30.3 Å². The minimum absolute atomic E-state index is 0.0455. The van der Waals surface area contributed by atoms with Crippen molar-refractivity contribution in [2.45, 2.75) is 79.0 Å². The summed E-state index contributed by atoms with van der Waals surface area (Å²) < 4.78 is 5.40. The summed E-state index contributed by atoms with van der Waals surface area (Å²) in [6.45, 7) is 9.95. The molecule has 0 aliphatic heterocycles. The van der Waals surface area contributed by atoms with Crippen molar-refractivity contribution >= 4 is 29.3 Å². The van der Waals surface area contributed by atoms with E-state index in [-0.39, 0.29) is 37.1 Å². The lowest BCUT2D eigenvalue weighted by Gasteiger charge is -2.39. The summed E-state index contributed by atoms with van der Waals surface area (Å²) in [6, 6.07) is 6.86. The number of nitrogens with one attached hydrogen (secondary N) is 2. The minimum Gasteiger partial charge on any atom is -0.484 e. The van der Waals surface area contributed by atoms with Gasteiger partial charge in [-0.15, -0.1) is 0 Å². The quantitative estimate of drug-likeness (QED) is 0.289. The molecule has 3 amide bonds. The first-order valence-corrected chi connectivity index (χ1v) is 13.5. The van der Waals surface area contributed by atoms with Crippen molar-refractivity contribution < 1.29 is 33.8 Å². The Labute approximate surface area is 230 Å². The molecule has 1 aliphatic carbocycles. The summed E-state index contributed by atoms with van der Waals surface area (Å²) in [5.74, 6) is -4.49. The molecule has 2 unspecified atom stereocenters. The van der Waals surface area contributed by atoms with Crippen LogP contribution in [0.25, 0.3) is 0 Å². The summed E-state index contributed by atoms with van der Waals surface area (Å²) in [5, 5.41) is 15.4. The third-order valence-electron chi connectivity index (χ3n) is 7.61. The summed E-state index contributed by atoms with van der Waals surface area (Å²) in [5.41, 5.74) is 4.22. The van der Waals surface area contributed by atoms with Gasteiger partial charge in [0.25, 0.3) is 5.91 Å². The van der Waals surface area contributed by atoms with Crippen molar-refractivity contribution in [3.63, 3.8) is 0 Å². The van der Waals surface area contributed by atoms with Gasteiger partial charge in [-0.1, -0.05) is 52.8 Å². The maximum absolute atomic E-state index is 13.5. The smallest absolute Gasteiger partial charge is 0.258 e.